The van der Waals surface area contributed by atoms with Gasteiger partial charge >= 0.3 is 5.97 Å². The van der Waals surface area contributed by atoms with Crippen molar-refractivity contribution in [1.82, 2.24) is 4.90 Å². The number of fused-ring (bicyclic) bond motifs is 1. The second-order valence-electron chi connectivity index (χ2n) is 13.7. The zero-order valence-corrected chi connectivity index (χ0v) is 31.4. The van der Waals surface area contributed by atoms with Crippen LogP contribution in [0, 0.1) is 0 Å². The van der Waals surface area contributed by atoms with E-state index in [1.807, 2.05) is 36.4 Å². The Labute approximate surface area is 305 Å². The maximum absolute atomic E-state index is 12.8. The maximum Gasteiger partial charge on any atom is 0.307 e. The minimum Gasteiger partial charge on any atom is -0.494 e. The highest BCUT2D eigenvalue weighted by Crippen LogP contribution is 2.33. The van der Waals surface area contributed by atoms with Crippen molar-refractivity contribution in [3.05, 3.63) is 52.0 Å². The van der Waals surface area contributed by atoms with Gasteiger partial charge in [-0.2, -0.15) is 0 Å². The van der Waals surface area contributed by atoms with E-state index in [1.54, 1.807) is 4.90 Å². The SMILES string of the molecule is CCCCCCCCCCCCCCCC(=O)OCN1C(=O)CCc2ccc(OCCCCN3CCN(c4cccc(Cl)c4Cl)CC3)cc21. The van der Waals surface area contributed by atoms with Gasteiger partial charge in [-0.1, -0.05) is 119 Å². The number of nitrogens with zero attached hydrogens (tertiary/aromatic N) is 3. The van der Waals surface area contributed by atoms with Crippen molar-refractivity contribution in [3.8, 4) is 5.75 Å². The molecule has 2 aliphatic heterocycles. The van der Waals surface area contributed by atoms with Gasteiger partial charge in [0.05, 0.1) is 28.0 Å². The van der Waals surface area contributed by atoms with Crippen molar-refractivity contribution in [3.63, 3.8) is 0 Å². The highest BCUT2D eigenvalue weighted by molar-refractivity contribution is 6.43. The molecule has 0 aromatic heterocycles. The summed E-state index contributed by atoms with van der Waals surface area (Å²) in [5.74, 6) is 0.491. The molecule has 0 atom stereocenters. The average molecular weight is 717 g/mol. The fourth-order valence-corrected chi connectivity index (χ4v) is 7.24. The molecule has 0 radical (unpaired) electrons. The molecule has 4 rings (SSSR count). The van der Waals surface area contributed by atoms with Crippen LogP contribution >= 0.6 is 23.2 Å². The molecule has 1 saturated heterocycles. The zero-order valence-electron chi connectivity index (χ0n) is 29.9. The Hall–Kier alpha value is -2.48. The number of unbranched alkanes of at least 4 members (excludes halogenated alkanes) is 13. The van der Waals surface area contributed by atoms with E-state index in [0.717, 1.165) is 81.1 Å². The number of hydrogen-bond donors (Lipinski definition) is 0. The summed E-state index contributed by atoms with van der Waals surface area (Å²) in [6.07, 6.45) is 20.0. The highest BCUT2D eigenvalue weighted by Gasteiger charge is 2.26. The number of piperazine rings is 1. The first kappa shape index (κ1) is 39.3. The first-order chi connectivity index (χ1) is 24.0. The lowest BCUT2D eigenvalue weighted by atomic mass is 10.0. The number of anilines is 2. The first-order valence-corrected chi connectivity index (χ1v) is 19.8. The summed E-state index contributed by atoms with van der Waals surface area (Å²) in [6, 6.07) is 11.7. The van der Waals surface area contributed by atoms with Crippen LogP contribution < -0.4 is 14.5 Å². The first-order valence-electron chi connectivity index (χ1n) is 19.1. The Morgan fingerprint density at radius 1 is 0.755 bits per heavy atom. The molecule has 2 aromatic rings. The zero-order chi connectivity index (χ0) is 34.7. The monoisotopic (exact) mass is 715 g/mol. The summed E-state index contributed by atoms with van der Waals surface area (Å²) in [6.45, 7) is 7.69. The minimum atomic E-state index is -0.231. The largest absolute Gasteiger partial charge is 0.494 e. The molecular weight excluding hydrogens is 657 g/mol. The average Bonchev–Trinajstić information content (AvgIpc) is 3.11. The van der Waals surface area contributed by atoms with E-state index in [1.165, 1.54) is 70.6 Å². The number of aryl methyl sites for hydroxylation is 1. The number of benzene rings is 2. The second-order valence-corrected chi connectivity index (χ2v) is 14.5. The quantitative estimate of drug-likeness (QED) is 0.0843. The lowest BCUT2D eigenvalue weighted by Crippen LogP contribution is -2.46. The molecule has 272 valence electrons. The van der Waals surface area contributed by atoms with Crippen LogP contribution in [0.1, 0.15) is 122 Å². The lowest BCUT2D eigenvalue weighted by molar-refractivity contribution is -0.144. The number of hydrogen-bond acceptors (Lipinski definition) is 6. The summed E-state index contributed by atoms with van der Waals surface area (Å²) in [4.78, 5) is 31.7. The highest BCUT2D eigenvalue weighted by atomic mass is 35.5. The molecular formula is C40H59Cl2N3O4. The van der Waals surface area contributed by atoms with Gasteiger partial charge in [0.1, 0.15) is 5.75 Å². The van der Waals surface area contributed by atoms with Gasteiger partial charge in [0, 0.05) is 45.1 Å². The van der Waals surface area contributed by atoms with E-state index in [4.69, 9.17) is 32.7 Å². The fourth-order valence-electron chi connectivity index (χ4n) is 6.82. The van der Waals surface area contributed by atoms with E-state index in [-0.39, 0.29) is 18.6 Å². The molecule has 9 heteroatoms. The van der Waals surface area contributed by atoms with Crippen LogP contribution in [0.25, 0.3) is 0 Å². The smallest absolute Gasteiger partial charge is 0.307 e. The summed E-state index contributed by atoms with van der Waals surface area (Å²) >= 11 is 12.6. The standard InChI is InChI=1S/C40H59Cl2N3O4/c1-2-3-4-5-6-7-8-9-10-11-12-13-14-20-39(47)49-32-45-37-31-34(23-21-33(37)22-24-38(45)46)48-30-16-15-25-43-26-28-44(29-27-43)36-19-17-18-35(41)40(36)42/h17-19,21,23,31H,2-16,20,22,24-30,32H2,1H3. The van der Waals surface area contributed by atoms with Crippen molar-refractivity contribution >= 4 is 46.5 Å². The van der Waals surface area contributed by atoms with Crippen molar-refractivity contribution in [2.45, 2.75) is 122 Å². The van der Waals surface area contributed by atoms with E-state index >= 15 is 0 Å². The van der Waals surface area contributed by atoms with Crippen LogP contribution in [0.3, 0.4) is 0 Å². The van der Waals surface area contributed by atoms with Crippen LogP contribution in [0.5, 0.6) is 5.75 Å². The van der Waals surface area contributed by atoms with Crippen molar-refractivity contribution < 1.29 is 19.1 Å². The van der Waals surface area contributed by atoms with Gasteiger partial charge in [0.25, 0.3) is 0 Å². The van der Waals surface area contributed by atoms with Crippen molar-refractivity contribution in [2.75, 3.05) is 55.9 Å². The Morgan fingerprint density at radius 2 is 1.43 bits per heavy atom. The van der Waals surface area contributed by atoms with Crippen LogP contribution in [-0.4, -0.2) is 62.8 Å². The van der Waals surface area contributed by atoms with Crippen LogP contribution in [0.4, 0.5) is 11.4 Å². The Kier molecular flexibility index (Phi) is 17.9. The Morgan fingerprint density at radius 3 is 2.12 bits per heavy atom. The molecule has 1 amide bonds. The second kappa shape index (κ2) is 22.4. The van der Waals surface area contributed by atoms with Gasteiger partial charge in [-0.3, -0.25) is 19.4 Å². The van der Waals surface area contributed by atoms with Gasteiger partial charge in [-0.05, 0) is 56.0 Å². The molecule has 2 aliphatic rings. The topological polar surface area (TPSA) is 62.3 Å². The van der Waals surface area contributed by atoms with E-state index in [0.29, 0.717) is 35.9 Å². The molecule has 49 heavy (non-hydrogen) atoms. The normalized spacial score (nSPS) is 15.0. The van der Waals surface area contributed by atoms with Crippen LogP contribution in [-0.2, 0) is 20.7 Å². The summed E-state index contributed by atoms with van der Waals surface area (Å²) < 4.78 is 11.7. The molecule has 2 heterocycles. The van der Waals surface area contributed by atoms with Gasteiger partial charge in [0.15, 0.2) is 6.73 Å². The van der Waals surface area contributed by atoms with E-state index in [2.05, 4.69) is 16.7 Å². The third kappa shape index (κ3) is 13.6. The third-order valence-electron chi connectivity index (χ3n) is 9.88. The van der Waals surface area contributed by atoms with Crippen molar-refractivity contribution in [1.29, 1.82) is 0 Å². The predicted molar refractivity (Wildman–Crippen MR) is 203 cm³/mol. The number of amides is 1. The Bertz CT molecular complexity index is 1280. The summed E-state index contributed by atoms with van der Waals surface area (Å²) in [5, 5.41) is 1.23. The van der Waals surface area contributed by atoms with E-state index < -0.39 is 0 Å². The molecule has 0 bridgehead atoms. The van der Waals surface area contributed by atoms with E-state index in [9.17, 15) is 9.59 Å². The number of esters is 1. The molecule has 0 aliphatic carbocycles. The maximum atomic E-state index is 12.8. The van der Waals surface area contributed by atoms with Gasteiger partial charge in [0.2, 0.25) is 5.91 Å². The summed E-state index contributed by atoms with van der Waals surface area (Å²) in [7, 11) is 0. The lowest BCUT2D eigenvalue weighted by Gasteiger charge is -2.36. The molecule has 1 fully saturated rings. The molecule has 0 N–H and O–H groups in total. The van der Waals surface area contributed by atoms with Gasteiger partial charge in [-0.25, -0.2) is 0 Å². The Balaban J connectivity index is 1.07. The molecule has 0 saturated carbocycles. The van der Waals surface area contributed by atoms with Crippen LogP contribution in [0.2, 0.25) is 10.0 Å². The van der Waals surface area contributed by atoms with Crippen LogP contribution in [0.15, 0.2) is 36.4 Å². The number of ether oxygens (including phenoxy) is 2. The van der Waals surface area contributed by atoms with Gasteiger partial charge < -0.3 is 14.4 Å². The fraction of sp³-hybridized carbons (Fsp3) is 0.650. The third-order valence-corrected chi connectivity index (χ3v) is 10.7. The number of carbonyl (C=O) groups excluding carboxylic acids is 2. The molecule has 0 unspecified atom stereocenters. The predicted octanol–water partition coefficient (Wildman–Crippen LogP) is 10.2. The number of halogens is 2. The summed E-state index contributed by atoms with van der Waals surface area (Å²) in [5.41, 5.74) is 2.88. The van der Waals surface area contributed by atoms with Crippen molar-refractivity contribution in [2.24, 2.45) is 0 Å². The molecule has 0 spiro atoms. The van der Waals surface area contributed by atoms with Gasteiger partial charge in [-0.15, -0.1) is 0 Å². The number of carbonyl (C=O) groups is 2. The molecule has 7 nitrogen and oxygen atoms in total. The molecule has 2 aromatic carbocycles. The number of rotatable bonds is 23. The minimum absolute atomic E-state index is 0.0175.